The van der Waals surface area contributed by atoms with E-state index in [-0.39, 0.29) is 29.0 Å². The van der Waals surface area contributed by atoms with Crippen molar-refractivity contribution in [3.8, 4) is 5.69 Å². The van der Waals surface area contributed by atoms with Crippen LogP contribution in [0.15, 0.2) is 95.8 Å². The number of aryl methyl sites for hydroxylation is 1. The molecule has 1 amide bonds. The van der Waals surface area contributed by atoms with Crippen LogP contribution in [0, 0.1) is 18.7 Å². The highest BCUT2D eigenvalue weighted by Crippen LogP contribution is 2.27. The van der Waals surface area contributed by atoms with E-state index in [1.54, 1.807) is 30.3 Å². The number of piperidine rings is 1. The lowest BCUT2D eigenvalue weighted by atomic mass is 9.89. The topological polar surface area (TPSA) is 97.2 Å². The molecule has 2 aromatic heterocycles. The van der Waals surface area contributed by atoms with E-state index in [0.717, 1.165) is 16.6 Å². The second kappa shape index (κ2) is 12.0. The maximum Gasteiger partial charge on any atom is 0.256 e. The molecule has 1 aliphatic rings. The number of halogens is 1. The lowest BCUT2D eigenvalue weighted by Gasteiger charge is -2.31. The van der Waals surface area contributed by atoms with Gasteiger partial charge >= 0.3 is 0 Å². The standard InChI is InChI=1S/C34H30FN5O3/c1-22-29-15-16-30(41)40(28-13-9-26(10-14-28)33(43)36-21-23-5-3-2-4-6-23)32(29)38-34(37-22)39-19-17-25(18-20-39)31(42)24-7-11-27(35)12-8-24/h2-16,25H,17-21H2,1H3,(H,36,43). The van der Waals surface area contributed by atoms with Crippen molar-refractivity contribution in [3.63, 3.8) is 0 Å². The summed E-state index contributed by atoms with van der Waals surface area (Å²) < 4.78 is 14.8. The van der Waals surface area contributed by atoms with Crippen molar-refractivity contribution in [3.05, 3.63) is 130 Å². The van der Waals surface area contributed by atoms with Gasteiger partial charge in [-0.15, -0.1) is 0 Å². The van der Waals surface area contributed by atoms with Crippen LogP contribution in [0.5, 0.6) is 0 Å². The van der Waals surface area contributed by atoms with Crippen LogP contribution in [-0.4, -0.2) is 39.3 Å². The van der Waals surface area contributed by atoms with E-state index in [1.165, 1.54) is 34.9 Å². The molecule has 0 atom stereocenters. The van der Waals surface area contributed by atoms with E-state index >= 15 is 0 Å². The molecule has 3 heterocycles. The second-order valence-electron chi connectivity index (χ2n) is 10.7. The minimum absolute atomic E-state index is 0.0151. The van der Waals surface area contributed by atoms with Gasteiger partial charge in [0, 0.05) is 48.1 Å². The number of anilines is 1. The van der Waals surface area contributed by atoms with Crippen LogP contribution in [0.1, 0.15) is 44.8 Å². The predicted octanol–water partition coefficient (Wildman–Crippen LogP) is 5.26. The first-order valence-corrected chi connectivity index (χ1v) is 14.2. The fourth-order valence-electron chi connectivity index (χ4n) is 5.48. The first kappa shape index (κ1) is 28.0. The monoisotopic (exact) mass is 575 g/mol. The number of carbonyl (C=O) groups excluding carboxylic acids is 2. The normalized spacial score (nSPS) is 13.7. The van der Waals surface area contributed by atoms with Gasteiger partial charge in [-0.25, -0.2) is 9.37 Å². The van der Waals surface area contributed by atoms with Gasteiger partial charge in [-0.1, -0.05) is 30.3 Å². The molecule has 0 saturated carbocycles. The summed E-state index contributed by atoms with van der Waals surface area (Å²) >= 11 is 0. The maximum atomic E-state index is 13.3. The molecule has 8 nitrogen and oxygen atoms in total. The fourth-order valence-corrected chi connectivity index (χ4v) is 5.48. The van der Waals surface area contributed by atoms with E-state index in [9.17, 15) is 18.8 Å². The van der Waals surface area contributed by atoms with Crippen molar-refractivity contribution in [2.75, 3.05) is 18.0 Å². The molecule has 1 saturated heterocycles. The van der Waals surface area contributed by atoms with E-state index in [4.69, 9.17) is 9.97 Å². The number of benzene rings is 3. The first-order valence-electron chi connectivity index (χ1n) is 14.2. The van der Waals surface area contributed by atoms with Gasteiger partial charge in [0.2, 0.25) is 5.95 Å². The Morgan fingerprint density at radius 2 is 1.53 bits per heavy atom. The highest BCUT2D eigenvalue weighted by Gasteiger charge is 2.27. The van der Waals surface area contributed by atoms with Crippen molar-refractivity contribution < 1.29 is 14.0 Å². The molecule has 5 aromatic rings. The van der Waals surface area contributed by atoms with Crippen molar-refractivity contribution in [2.45, 2.75) is 26.3 Å². The van der Waals surface area contributed by atoms with Crippen LogP contribution in [-0.2, 0) is 6.54 Å². The summed E-state index contributed by atoms with van der Waals surface area (Å²) in [5, 5.41) is 3.66. The summed E-state index contributed by atoms with van der Waals surface area (Å²) in [5.41, 5.74) is 3.54. The lowest BCUT2D eigenvalue weighted by molar-refractivity contribution is 0.0899. The third-order valence-corrected chi connectivity index (χ3v) is 7.89. The lowest BCUT2D eigenvalue weighted by Crippen LogP contribution is -2.37. The summed E-state index contributed by atoms with van der Waals surface area (Å²) in [6.45, 7) is 3.45. The molecule has 0 unspecified atom stereocenters. The van der Waals surface area contributed by atoms with Crippen LogP contribution < -0.4 is 15.8 Å². The number of nitrogens with one attached hydrogen (secondary N) is 1. The van der Waals surface area contributed by atoms with Crippen LogP contribution >= 0.6 is 0 Å². The zero-order chi connectivity index (χ0) is 29.9. The zero-order valence-corrected chi connectivity index (χ0v) is 23.7. The molecule has 43 heavy (non-hydrogen) atoms. The molecule has 0 radical (unpaired) electrons. The van der Waals surface area contributed by atoms with Crippen molar-refractivity contribution in [2.24, 2.45) is 5.92 Å². The van der Waals surface area contributed by atoms with Gasteiger partial charge in [-0.05, 0) is 79.9 Å². The molecule has 6 rings (SSSR count). The second-order valence-corrected chi connectivity index (χ2v) is 10.7. The number of fused-ring (bicyclic) bond motifs is 1. The quantitative estimate of drug-likeness (QED) is 0.266. The van der Waals surface area contributed by atoms with Crippen molar-refractivity contribution in [1.82, 2.24) is 19.9 Å². The van der Waals surface area contributed by atoms with Gasteiger partial charge in [0.05, 0.1) is 11.4 Å². The maximum absolute atomic E-state index is 13.3. The molecule has 1 fully saturated rings. The molecule has 0 aliphatic carbocycles. The summed E-state index contributed by atoms with van der Waals surface area (Å²) in [6, 6.07) is 25.4. The molecule has 1 aliphatic heterocycles. The van der Waals surface area contributed by atoms with Gasteiger partial charge in [-0.2, -0.15) is 4.98 Å². The molecule has 0 spiro atoms. The molecule has 0 bridgehead atoms. The van der Waals surface area contributed by atoms with E-state index in [0.29, 0.717) is 60.9 Å². The predicted molar refractivity (Wildman–Crippen MR) is 163 cm³/mol. The van der Waals surface area contributed by atoms with Crippen LogP contribution in [0.3, 0.4) is 0 Å². The number of hydrogen-bond donors (Lipinski definition) is 1. The third-order valence-electron chi connectivity index (χ3n) is 7.89. The van der Waals surface area contributed by atoms with Gasteiger partial charge in [0.1, 0.15) is 5.82 Å². The fraction of sp³-hybridized carbons (Fsp3) is 0.206. The Labute approximate surface area is 247 Å². The Balaban J connectivity index is 1.22. The Bertz CT molecular complexity index is 1850. The number of Topliss-reactive ketones (excluding diaryl/α,β-unsaturated/α-hetero) is 1. The number of ketones is 1. The molecule has 3 aromatic carbocycles. The Morgan fingerprint density at radius 3 is 2.23 bits per heavy atom. The van der Waals surface area contributed by atoms with Crippen LogP contribution in [0.2, 0.25) is 0 Å². The van der Waals surface area contributed by atoms with Crippen molar-refractivity contribution in [1.29, 1.82) is 0 Å². The smallest absolute Gasteiger partial charge is 0.256 e. The summed E-state index contributed by atoms with van der Waals surface area (Å²) in [4.78, 5) is 50.4. The molecular formula is C34H30FN5O3. The number of carbonyl (C=O) groups is 2. The van der Waals surface area contributed by atoms with Crippen LogP contribution in [0.4, 0.5) is 10.3 Å². The summed E-state index contributed by atoms with van der Waals surface area (Å²) in [6.07, 6.45) is 1.23. The highest BCUT2D eigenvalue weighted by molar-refractivity contribution is 5.98. The van der Waals surface area contributed by atoms with Gasteiger partial charge < -0.3 is 10.2 Å². The van der Waals surface area contributed by atoms with E-state index in [2.05, 4.69) is 5.32 Å². The van der Waals surface area contributed by atoms with E-state index < -0.39 is 0 Å². The average molecular weight is 576 g/mol. The first-order chi connectivity index (χ1) is 20.9. The highest BCUT2D eigenvalue weighted by atomic mass is 19.1. The third kappa shape index (κ3) is 5.92. The molecule has 216 valence electrons. The van der Waals surface area contributed by atoms with Crippen molar-refractivity contribution >= 4 is 28.7 Å². The SMILES string of the molecule is Cc1nc(N2CCC(C(=O)c3ccc(F)cc3)CC2)nc2c1ccc(=O)n2-c1ccc(C(=O)NCc2ccccc2)cc1. The van der Waals surface area contributed by atoms with Crippen LogP contribution in [0.25, 0.3) is 16.7 Å². The van der Waals surface area contributed by atoms with Gasteiger partial charge in [0.15, 0.2) is 11.4 Å². The molecule has 9 heteroatoms. The number of amides is 1. The largest absolute Gasteiger partial charge is 0.348 e. The van der Waals surface area contributed by atoms with Gasteiger partial charge in [-0.3, -0.25) is 19.0 Å². The number of hydrogen-bond acceptors (Lipinski definition) is 6. The Hall–Kier alpha value is -5.18. The summed E-state index contributed by atoms with van der Waals surface area (Å²) in [7, 11) is 0. The molecule has 1 N–H and O–H groups in total. The van der Waals surface area contributed by atoms with Gasteiger partial charge in [0.25, 0.3) is 11.5 Å². The minimum atomic E-state index is -0.367. The van der Waals surface area contributed by atoms with E-state index in [1.807, 2.05) is 42.2 Å². The summed E-state index contributed by atoms with van der Waals surface area (Å²) in [5.74, 6) is -0.225. The average Bonchev–Trinajstić information content (AvgIpc) is 3.04. The number of nitrogens with zero attached hydrogens (tertiary/aromatic N) is 4. The number of rotatable bonds is 7. The minimum Gasteiger partial charge on any atom is -0.348 e. The number of aromatic nitrogens is 3. The number of pyridine rings is 1. The Kier molecular flexibility index (Phi) is 7.79. The molecular weight excluding hydrogens is 545 g/mol. The zero-order valence-electron chi connectivity index (χ0n) is 23.7. The Morgan fingerprint density at radius 1 is 0.860 bits per heavy atom.